The lowest BCUT2D eigenvalue weighted by molar-refractivity contribution is -0.384. The van der Waals surface area contributed by atoms with Crippen molar-refractivity contribution < 1.29 is 4.92 Å². The van der Waals surface area contributed by atoms with Gasteiger partial charge in [-0.2, -0.15) is 5.10 Å². The zero-order valence-electron chi connectivity index (χ0n) is 11.2. The van der Waals surface area contributed by atoms with E-state index < -0.39 is 0 Å². The molecule has 0 fully saturated rings. The second kappa shape index (κ2) is 6.34. The van der Waals surface area contributed by atoms with Gasteiger partial charge >= 0.3 is 5.69 Å². The van der Waals surface area contributed by atoms with Crippen molar-refractivity contribution in [1.29, 1.82) is 0 Å². The number of anilines is 1. The summed E-state index contributed by atoms with van der Waals surface area (Å²) in [5.74, 6) is 0.553. The van der Waals surface area contributed by atoms with E-state index in [1.54, 1.807) is 11.7 Å². The zero-order chi connectivity index (χ0) is 13.7. The number of nitro groups is 1. The van der Waals surface area contributed by atoms with E-state index in [1.807, 2.05) is 18.9 Å². The van der Waals surface area contributed by atoms with Gasteiger partial charge in [-0.15, -0.1) is 0 Å². The highest BCUT2D eigenvalue weighted by molar-refractivity contribution is 5.61. The van der Waals surface area contributed by atoms with E-state index in [2.05, 4.69) is 5.10 Å². The average molecular weight is 255 g/mol. The Bertz CT molecular complexity index is 416. The average Bonchev–Trinajstić information content (AvgIpc) is 2.63. The fourth-order valence-electron chi connectivity index (χ4n) is 2.01. The second-order valence-corrected chi connectivity index (χ2v) is 4.31. The summed E-state index contributed by atoms with van der Waals surface area (Å²) in [7, 11) is 3.57. The van der Waals surface area contributed by atoms with Gasteiger partial charge in [-0.1, -0.05) is 13.3 Å². The lowest BCUT2D eigenvalue weighted by atomic mass is 10.2. The van der Waals surface area contributed by atoms with E-state index in [0.717, 1.165) is 12.8 Å². The van der Waals surface area contributed by atoms with Crippen molar-refractivity contribution in [2.45, 2.75) is 26.2 Å². The highest BCUT2D eigenvalue weighted by Crippen LogP contribution is 2.31. The maximum absolute atomic E-state index is 11.2. The van der Waals surface area contributed by atoms with Gasteiger partial charge in [0.1, 0.15) is 5.69 Å². The summed E-state index contributed by atoms with van der Waals surface area (Å²) in [5.41, 5.74) is 6.14. The fourth-order valence-corrected chi connectivity index (χ4v) is 2.01. The van der Waals surface area contributed by atoms with E-state index in [9.17, 15) is 10.1 Å². The van der Waals surface area contributed by atoms with Gasteiger partial charge < -0.3 is 10.6 Å². The third-order valence-electron chi connectivity index (χ3n) is 2.79. The Morgan fingerprint density at radius 1 is 1.56 bits per heavy atom. The molecule has 0 aliphatic rings. The van der Waals surface area contributed by atoms with Crippen LogP contribution in [0.4, 0.5) is 11.5 Å². The van der Waals surface area contributed by atoms with Crippen molar-refractivity contribution in [3.05, 3.63) is 15.8 Å². The topological polar surface area (TPSA) is 90.2 Å². The molecule has 0 atom stereocenters. The summed E-state index contributed by atoms with van der Waals surface area (Å²) in [6.07, 6.45) is 2.25. The van der Waals surface area contributed by atoms with Crippen LogP contribution in [0.5, 0.6) is 0 Å². The third-order valence-corrected chi connectivity index (χ3v) is 2.79. The maximum atomic E-state index is 11.2. The molecule has 0 amide bonds. The summed E-state index contributed by atoms with van der Waals surface area (Å²) in [6.45, 7) is 3.23. The third kappa shape index (κ3) is 2.98. The van der Waals surface area contributed by atoms with Gasteiger partial charge in [-0.25, -0.2) is 4.68 Å². The molecule has 1 heterocycles. The summed E-state index contributed by atoms with van der Waals surface area (Å²) < 4.78 is 1.58. The van der Waals surface area contributed by atoms with Gasteiger partial charge in [-0.3, -0.25) is 10.1 Å². The van der Waals surface area contributed by atoms with Crippen LogP contribution >= 0.6 is 0 Å². The molecule has 0 saturated carbocycles. The summed E-state index contributed by atoms with van der Waals surface area (Å²) >= 11 is 0. The molecule has 18 heavy (non-hydrogen) atoms. The van der Waals surface area contributed by atoms with E-state index in [0.29, 0.717) is 31.0 Å². The zero-order valence-corrected chi connectivity index (χ0v) is 11.2. The lowest BCUT2D eigenvalue weighted by Crippen LogP contribution is -2.24. The quantitative estimate of drug-likeness (QED) is 0.581. The summed E-state index contributed by atoms with van der Waals surface area (Å²) in [5, 5.41) is 15.5. The molecule has 1 rings (SSSR count). The predicted octanol–water partition coefficient (Wildman–Crippen LogP) is 1.07. The van der Waals surface area contributed by atoms with Crippen molar-refractivity contribution in [1.82, 2.24) is 9.78 Å². The minimum absolute atomic E-state index is 0.124. The molecular formula is C11H21N5O2. The van der Waals surface area contributed by atoms with Crippen LogP contribution in [0.15, 0.2) is 0 Å². The van der Waals surface area contributed by atoms with E-state index in [1.165, 1.54) is 0 Å². The maximum Gasteiger partial charge on any atom is 0.334 e. The molecule has 0 spiro atoms. The molecule has 1 aromatic heterocycles. The highest BCUT2D eigenvalue weighted by Gasteiger charge is 2.28. The van der Waals surface area contributed by atoms with Crippen molar-refractivity contribution >= 4 is 11.5 Å². The molecule has 0 radical (unpaired) electrons. The number of nitrogens with two attached hydrogens (primary N) is 1. The Balaban J connectivity index is 3.12. The number of aromatic nitrogens is 2. The van der Waals surface area contributed by atoms with Gasteiger partial charge in [-0.05, 0) is 19.4 Å². The Kier molecular flexibility index (Phi) is 5.08. The van der Waals surface area contributed by atoms with E-state index in [4.69, 9.17) is 5.73 Å². The van der Waals surface area contributed by atoms with Crippen LogP contribution in [0.25, 0.3) is 0 Å². The van der Waals surface area contributed by atoms with Crippen molar-refractivity contribution in [3.8, 4) is 0 Å². The Morgan fingerprint density at radius 3 is 2.72 bits per heavy atom. The van der Waals surface area contributed by atoms with Crippen LogP contribution in [-0.4, -0.2) is 34.8 Å². The summed E-state index contributed by atoms with van der Waals surface area (Å²) in [4.78, 5) is 12.7. The summed E-state index contributed by atoms with van der Waals surface area (Å²) in [6, 6.07) is 0. The number of rotatable bonds is 7. The molecule has 7 nitrogen and oxygen atoms in total. The van der Waals surface area contributed by atoms with E-state index >= 15 is 0 Å². The van der Waals surface area contributed by atoms with Crippen LogP contribution < -0.4 is 10.6 Å². The Hall–Kier alpha value is -1.63. The first kappa shape index (κ1) is 14.4. The highest BCUT2D eigenvalue weighted by atomic mass is 16.6. The predicted molar refractivity (Wildman–Crippen MR) is 70.8 cm³/mol. The molecule has 0 aliphatic heterocycles. The minimum atomic E-state index is -0.341. The second-order valence-electron chi connectivity index (χ2n) is 4.31. The molecule has 2 N–H and O–H groups in total. The molecule has 0 aliphatic carbocycles. The molecule has 1 aromatic rings. The number of hydrogen-bond donors (Lipinski definition) is 1. The Labute approximate surface area is 107 Å². The molecule has 0 saturated heterocycles. The minimum Gasteiger partial charge on any atom is -0.354 e. The van der Waals surface area contributed by atoms with Crippen LogP contribution in [-0.2, 0) is 13.5 Å². The number of hydrogen-bond acceptors (Lipinski definition) is 5. The van der Waals surface area contributed by atoms with Crippen LogP contribution in [0.2, 0.25) is 0 Å². The van der Waals surface area contributed by atoms with Crippen LogP contribution in [0.3, 0.4) is 0 Å². The number of nitrogens with zero attached hydrogens (tertiary/aromatic N) is 4. The molecule has 0 unspecified atom stereocenters. The van der Waals surface area contributed by atoms with Gasteiger partial charge in [0.15, 0.2) is 0 Å². The number of aryl methyl sites for hydroxylation is 2. The molecular weight excluding hydrogens is 234 g/mol. The van der Waals surface area contributed by atoms with Crippen molar-refractivity contribution in [3.63, 3.8) is 0 Å². The largest absolute Gasteiger partial charge is 0.354 e. The van der Waals surface area contributed by atoms with Crippen molar-refractivity contribution in [2.75, 3.05) is 25.0 Å². The molecule has 0 aromatic carbocycles. The monoisotopic (exact) mass is 255 g/mol. The SMILES string of the molecule is CCCc1nn(C)c(N(C)CCCN)c1[N+](=O)[O-]. The van der Waals surface area contributed by atoms with Crippen LogP contribution in [0, 0.1) is 10.1 Å². The molecule has 0 bridgehead atoms. The standard InChI is InChI=1S/C11H21N5O2/c1-4-6-9-10(16(17)18)11(15(3)13-9)14(2)8-5-7-12/h4-8,12H2,1-3H3. The van der Waals surface area contributed by atoms with Gasteiger partial charge in [0.2, 0.25) is 5.82 Å². The first-order valence-corrected chi connectivity index (χ1v) is 6.14. The van der Waals surface area contributed by atoms with E-state index in [-0.39, 0.29) is 10.6 Å². The smallest absolute Gasteiger partial charge is 0.334 e. The van der Waals surface area contributed by atoms with Gasteiger partial charge in [0, 0.05) is 20.6 Å². The van der Waals surface area contributed by atoms with Gasteiger partial charge in [0.25, 0.3) is 0 Å². The first-order valence-electron chi connectivity index (χ1n) is 6.14. The normalized spacial score (nSPS) is 10.7. The molecule has 102 valence electrons. The first-order chi connectivity index (χ1) is 8.52. The van der Waals surface area contributed by atoms with Crippen LogP contribution in [0.1, 0.15) is 25.5 Å². The Morgan fingerprint density at radius 2 is 2.22 bits per heavy atom. The fraction of sp³-hybridized carbons (Fsp3) is 0.727. The molecule has 7 heteroatoms. The van der Waals surface area contributed by atoms with Crippen molar-refractivity contribution in [2.24, 2.45) is 12.8 Å². The van der Waals surface area contributed by atoms with Gasteiger partial charge in [0.05, 0.1) is 4.92 Å². The lowest BCUT2D eigenvalue weighted by Gasteiger charge is -2.17.